The summed E-state index contributed by atoms with van der Waals surface area (Å²) >= 11 is 1.56. The standard InChI is InChI=1S/C20H27N3O3S/c1-5-8-21-18(25)23-19-22-15-11(3)14-16-12(10(2)17(24)26-16)6-7-20(14,4)9-13(15)27-19/h5,10-12,14,16H,1,6-9H2,2-4H3,(H2,21,22,23,25)/t10-,11-,12-,14+,16-,20+/m0/s1. The van der Waals surface area contributed by atoms with Crippen molar-refractivity contribution in [2.24, 2.45) is 23.2 Å². The highest BCUT2D eigenvalue weighted by Crippen LogP contribution is 2.59. The van der Waals surface area contributed by atoms with E-state index in [-0.39, 0.29) is 41.3 Å². The zero-order valence-electron chi connectivity index (χ0n) is 16.1. The van der Waals surface area contributed by atoms with E-state index in [9.17, 15) is 9.59 Å². The number of urea groups is 1. The summed E-state index contributed by atoms with van der Waals surface area (Å²) in [5.41, 5.74) is 1.16. The number of carbonyl (C=O) groups excluding carboxylic acids is 2. The fourth-order valence-electron chi connectivity index (χ4n) is 5.44. The van der Waals surface area contributed by atoms with E-state index in [1.54, 1.807) is 17.4 Å². The van der Waals surface area contributed by atoms with Gasteiger partial charge < -0.3 is 10.1 Å². The normalized spacial score (nSPS) is 36.9. The van der Waals surface area contributed by atoms with Crippen molar-refractivity contribution < 1.29 is 14.3 Å². The molecule has 0 bridgehead atoms. The predicted molar refractivity (Wildman–Crippen MR) is 105 cm³/mol. The van der Waals surface area contributed by atoms with Crippen LogP contribution in [-0.4, -0.2) is 29.6 Å². The van der Waals surface area contributed by atoms with Crippen molar-refractivity contribution in [1.29, 1.82) is 0 Å². The van der Waals surface area contributed by atoms with Crippen molar-refractivity contribution in [3.8, 4) is 0 Å². The zero-order valence-corrected chi connectivity index (χ0v) is 16.9. The first kappa shape index (κ1) is 18.5. The molecule has 1 aliphatic heterocycles. The molecule has 146 valence electrons. The van der Waals surface area contributed by atoms with Gasteiger partial charge in [-0.2, -0.15) is 0 Å². The van der Waals surface area contributed by atoms with Gasteiger partial charge in [-0.25, -0.2) is 9.78 Å². The van der Waals surface area contributed by atoms with Crippen LogP contribution in [0.4, 0.5) is 9.93 Å². The number of anilines is 1. The lowest BCUT2D eigenvalue weighted by Crippen LogP contribution is -2.50. The smallest absolute Gasteiger partial charge is 0.321 e. The summed E-state index contributed by atoms with van der Waals surface area (Å²) in [7, 11) is 0. The molecule has 6 atom stereocenters. The SMILES string of the molecule is C=CCNC(=O)Nc1nc2c(s1)C[C@@]1(C)CC[C@@H]3[C@H](OC(=O)[C@H]3C)[C@H]1[C@@H]2C. The van der Waals surface area contributed by atoms with Crippen LogP contribution in [-0.2, 0) is 16.0 Å². The van der Waals surface area contributed by atoms with Crippen molar-refractivity contribution in [2.75, 3.05) is 11.9 Å². The van der Waals surface area contributed by atoms with E-state index in [0.717, 1.165) is 25.0 Å². The molecule has 2 N–H and O–H groups in total. The second-order valence-corrected chi connectivity index (χ2v) is 9.57. The Morgan fingerprint density at radius 3 is 2.96 bits per heavy atom. The van der Waals surface area contributed by atoms with E-state index in [4.69, 9.17) is 9.72 Å². The molecule has 0 radical (unpaired) electrons. The van der Waals surface area contributed by atoms with Crippen LogP contribution in [0.25, 0.3) is 0 Å². The van der Waals surface area contributed by atoms with Crippen LogP contribution in [0.15, 0.2) is 12.7 Å². The van der Waals surface area contributed by atoms with Crippen molar-refractivity contribution in [3.05, 3.63) is 23.2 Å². The predicted octanol–water partition coefficient (Wildman–Crippen LogP) is 3.70. The van der Waals surface area contributed by atoms with Crippen molar-refractivity contribution in [2.45, 2.75) is 52.1 Å². The maximum absolute atomic E-state index is 12.2. The number of nitrogens with zero attached hydrogens (tertiary/aromatic N) is 1. The summed E-state index contributed by atoms with van der Waals surface area (Å²) in [5.74, 6) is 0.747. The lowest BCUT2D eigenvalue weighted by molar-refractivity contribution is -0.149. The number of rotatable bonds is 3. The Labute approximate surface area is 163 Å². The van der Waals surface area contributed by atoms with Gasteiger partial charge in [0.15, 0.2) is 5.13 Å². The molecule has 1 saturated heterocycles. The van der Waals surface area contributed by atoms with Gasteiger partial charge in [0.25, 0.3) is 0 Å². The number of hydrogen-bond acceptors (Lipinski definition) is 5. The lowest BCUT2D eigenvalue weighted by Gasteiger charge is -2.51. The molecule has 6 nitrogen and oxygen atoms in total. The molecule has 7 heteroatoms. The van der Waals surface area contributed by atoms with Crippen LogP contribution >= 0.6 is 11.3 Å². The maximum atomic E-state index is 12.2. The molecule has 0 unspecified atom stereocenters. The van der Waals surface area contributed by atoms with E-state index in [2.05, 4.69) is 31.1 Å². The zero-order chi connectivity index (χ0) is 19.3. The van der Waals surface area contributed by atoms with Gasteiger partial charge in [-0.3, -0.25) is 10.1 Å². The Morgan fingerprint density at radius 1 is 1.44 bits per heavy atom. The molecule has 4 rings (SSSR count). The Hall–Kier alpha value is -1.89. The Morgan fingerprint density at radius 2 is 2.22 bits per heavy atom. The van der Waals surface area contributed by atoms with Gasteiger partial charge in [-0.1, -0.05) is 26.8 Å². The van der Waals surface area contributed by atoms with Gasteiger partial charge in [0.2, 0.25) is 0 Å². The number of thiazole rings is 1. The summed E-state index contributed by atoms with van der Waals surface area (Å²) < 4.78 is 5.86. The summed E-state index contributed by atoms with van der Waals surface area (Å²) in [4.78, 5) is 30.1. The molecule has 2 aliphatic carbocycles. The largest absolute Gasteiger partial charge is 0.461 e. The van der Waals surface area contributed by atoms with E-state index in [0.29, 0.717) is 17.6 Å². The van der Waals surface area contributed by atoms with E-state index >= 15 is 0 Å². The first-order chi connectivity index (χ1) is 12.8. The average molecular weight is 390 g/mol. The van der Waals surface area contributed by atoms with Gasteiger partial charge in [-0.05, 0) is 24.7 Å². The summed E-state index contributed by atoms with van der Waals surface area (Å²) in [6.45, 7) is 10.5. The minimum atomic E-state index is -0.268. The quantitative estimate of drug-likeness (QED) is 0.610. The first-order valence-electron chi connectivity index (χ1n) is 9.70. The Balaban J connectivity index is 1.60. The van der Waals surface area contributed by atoms with Crippen molar-refractivity contribution in [3.63, 3.8) is 0 Å². The average Bonchev–Trinajstić information content (AvgIpc) is 3.13. The summed E-state index contributed by atoms with van der Waals surface area (Å²) in [6.07, 6.45) is 4.70. The summed E-state index contributed by atoms with van der Waals surface area (Å²) in [5, 5.41) is 6.17. The van der Waals surface area contributed by atoms with E-state index in [1.807, 2.05) is 6.92 Å². The van der Waals surface area contributed by atoms with Crippen LogP contribution in [0, 0.1) is 23.2 Å². The molecule has 27 heavy (non-hydrogen) atoms. The fraction of sp³-hybridized carbons (Fsp3) is 0.650. The van der Waals surface area contributed by atoms with Crippen molar-refractivity contribution in [1.82, 2.24) is 10.3 Å². The van der Waals surface area contributed by atoms with E-state index < -0.39 is 0 Å². The molecular formula is C20H27N3O3S. The Kier molecular flexibility index (Phi) is 4.53. The fourth-order valence-corrected chi connectivity index (χ4v) is 6.70. The van der Waals surface area contributed by atoms with Gasteiger partial charge in [0.05, 0.1) is 11.6 Å². The third kappa shape index (κ3) is 2.96. The van der Waals surface area contributed by atoms with E-state index in [1.165, 1.54) is 4.88 Å². The molecule has 1 saturated carbocycles. The van der Waals surface area contributed by atoms with Crippen LogP contribution < -0.4 is 10.6 Å². The van der Waals surface area contributed by atoms with Gasteiger partial charge in [0.1, 0.15) is 6.10 Å². The molecule has 0 aromatic carbocycles. The van der Waals surface area contributed by atoms with Gasteiger partial charge >= 0.3 is 12.0 Å². The highest BCUT2D eigenvalue weighted by atomic mass is 32.1. The van der Waals surface area contributed by atoms with Gasteiger partial charge in [0, 0.05) is 29.2 Å². The third-order valence-electron chi connectivity index (χ3n) is 6.79. The van der Waals surface area contributed by atoms with Crippen molar-refractivity contribution >= 4 is 28.5 Å². The lowest BCUT2D eigenvalue weighted by atomic mass is 9.54. The number of fused-ring (bicyclic) bond motifs is 4. The minimum absolute atomic E-state index is 0.00522. The molecule has 2 heterocycles. The van der Waals surface area contributed by atoms with Crippen LogP contribution in [0.1, 0.15) is 50.1 Å². The van der Waals surface area contributed by atoms with Crippen LogP contribution in [0.3, 0.4) is 0 Å². The molecule has 1 aromatic heterocycles. The first-order valence-corrected chi connectivity index (χ1v) is 10.5. The molecular weight excluding hydrogens is 362 g/mol. The molecule has 1 aromatic rings. The van der Waals surface area contributed by atoms with Crippen LogP contribution in [0.5, 0.6) is 0 Å². The second kappa shape index (κ2) is 6.62. The number of aromatic nitrogens is 1. The van der Waals surface area contributed by atoms with Gasteiger partial charge in [-0.15, -0.1) is 17.9 Å². The maximum Gasteiger partial charge on any atom is 0.321 e. The minimum Gasteiger partial charge on any atom is -0.461 e. The highest BCUT2D eigenvalue weighted by Gasteiger charge is 2.58. The number of ether oxygens (including phenoxy) is 1. The topological polar surface area (TPSA) is 80.3 Å². The number of hydrogen-bond donors (Lipinski definition) is 2. The highest BCUT2D eigenvalue weighted by molar-refractivity contribution is 7.15. The number of nitrogens with one attached hydrogen (secondary N) is 2. The summed E-state index contributed by atoms with van der Waals surface area (Å²) in [6, 6.07) is -0.268. The second-order valence-electron chi connectivity index (χ2n) is 8.49. The van der Waals surface area contributed by atoms with Crippen LogP contribution in [0.2, 0.25) is 0 Å². The Bertz CT molecular complexity index is 791. The molecule has 0 spiro atoms. The number of esters is 1. The number of amides is 2. The molecule has 3 aliphatic rings. The monoisotopic (exact) mass is 389 g/mol. The number of carbonyl (C=O) groups is 2. The third-order valence-corrected chi connectivity index (χ3v) is 7.77. The molecule has 2 fully saturated rings. The molecule has 2 amide bonds.